The van der Waals surface area contributed by atoms with Crippen molar-refractivity contribution in [1.29, 1.82) is 0 Å². The van der Waals surface area contributed by atoms with E-state index in [1.54, 1.807) is 11.0 Å². The molecule has 190 valence electrons. The Bertz CT molecular complexity index is 1090. The first-order chi connectivity index (χ1) is 17.4. The van der Waals surface area contributed by atoms with Gasteiger partial charge in [0, 0.05) is 31.0 Å². The van der Waals surface area contributed by atoms with E-state index >= 15 is 0 Å². The molecule has 3 rings (SSSR count). The number of nitrogens with one attached hydrogen (secondary N) is 1. The zero-order chi connectivity index (χ0) is 25.8. The van der Waals surface area contributed by atoms with Crippen LogP contribution in [0.15, 0.2) is 84.9 Å². The predicted molar refractivity (Wildman–Crippen MR) is 145 cm³/mol. The number of benzene rings is 3. The van der Waals surface area contributed by atoms with Crippen LogP contribution in [0.3, 0.4) is 0 Å². The van der Waals surface area contributed by atoms with Crippen LogP contribution in [0.1, 0.15) is 37.8 Å². The smallest absolute Gasteiger partial charge is 0.243 e. The van der Waals surface area contributed by atoms with Gasteiger partial charge in [-0.1, -0.05) is 86.1 Å². The Morgan fingerprint density at radius 2 is 1.58 bits per heavy atom. The van der Waals surface area contributed by atoms with E-state index in [-0.39, 0.29) is 18.2 Å². The van der Waals surface area contributed by atoms with Crippen molar-refractivity contribution < 1.29 is 14.3 Å². The SMILES string of the molecule is CC(C)CNC(=O)C(Cc1ccccc1)N(Cc1cccc(Cl)c1)C(=O)CCCOc1ccccc1. The summed E-state index contributed by atoms with van der Waals surface area (Å²) in [5, 5.41) is 3.64. The molecule has 0 aliphatic rings. The van der Waals surface area contributed by atoms with Crippen molar-refractivity contribution in [2.75, 3.05) is 13.2 Å². The maximum atomic E-state index is 13.6. The van der Waals surface area contributed by atoms with Gasteiger partial charge in [-0.25, -0.2) is 0 Å². The van der Waals surface area contributed by atoms with E-state index in [1.165, 1.54) is 0 Å². The molecule has 0 spiro atoms. The van der Waals surface area contributed by atoms with Gasteiger partial charge in [-0.05, 0) is 47.7 Å². The average molecular weight is 507 g/mol. The minimum absolute atomic E-state index is 0.0905. The molecule has 0 radical (unpaired) electrons. The lowest BCUT2D eigenvalue weighted by Crippen LogP contribution is -2.51. The Hall–Kier alpha value is -3.31. The van der Waals surface area contributed by atoms with Crippen LogP contribution in [0, 0.1) is 5.92 Å². The summed E-state index contributed by atoms with van der Waals surface area (Å²) in [4.78, 5) is 28.7. The van der Waals surface area contributed by atoms with Crippen molar-refractivity contribution in [3.05, 3.63) is 101 Å². The Morgan fingerprint density at radius 3 is 2.25 bits per heavy atom. The monoisotopic (exact) mass is 506 g/mol. The Morgan fingerprint density at radius 1 is 0.917 bits per heavy atom. The topological polar surface area (TPSA) is 58.6 Å². The maximum Gasteiger partial charge on any atom is 0.243 e. The Balaban J connectivity index is 1.79. The number of rotatable bonds is 13. The standard InChI is InChI=1S/C30H35ClN2O3/c1-23(2)21-32-30(35)28(20-24-11-5-3-6-12-24)33(22-25-13-9-14-26(31)19-25)29(34)17-10-18-36-27-15-7-4-8-16-27/h3-9,11-16,19,23,28H,10,17-18,20-22H2,1-2H3,(H,32,35). The van der Waals surface area contributed by atoms with Crippen LogP contribution in [0.5, 0.6) is 5.75 Å². The summed E-state index contributed by atoms with van der Waals surface area (Å²) >= 11 is 6.23. The van der Waals surface area contributed by atoms with Gasteiger partial charge in [0.05, 0.1) is 6.61 Å². The first-order valence-electron chi connectivity index (χ1n) is 12.5. The molecule has 0 aliphatic heterocycles. The van der Waals surface area contributed by atoms with E-state index in [2.05, 4.69) is 5.32 Å². The first-order valence-corrected chi connectivity index (χ1v) is 12.8. The molecule has 1 N–H and O–H groups in total. The van der Waals surface area contributed by atoms with Crippen molar-refractivity contribution in [3.63, 3.8) is 0 Å². The molecule has 6 heteroatoms. The van der Waals surface area contributed by atoms with Crippen molar-refractivity contribution in [1.82, 2.24) is 10.2 Å². The Kier molecular flexibility index (Phi) is 10.8. The number of hydrogen-bond acceptors (Lipinski definition) is 3. The molecule has 0 fully saturated rings. The molecule has 0 heterocycles. The van der Waals surface area contributed by atoms with Gasteiger partial charge in [0.25, 0.3) is 0 Å². The lowest BCUT2D eigenvalue weighted by Gasteiger charge is -2.32. The van der Waals surface area contributed by atoms with E-state index in [1.807, 2.05) is 92.7 Å². The minimum Gasteiger partial charge on any atom is -0.494 e. The molecule has 3 aromatic rings. The van der Waals surface area contributed by atoms with Gasteiger partial charge in [-0.15, -0.1) is 0 Å². The van der Waals surface area contributed by atoms with Crippen LogP contribution in [-0.4, -0.2) is 35.9 Å². The zero-order valence-corrected chi connectivity index (χ0v) is 21.8. The second kappa shape index (κ2) is 14.3. The number of carbonyl (C=O) groups excluding carboxylic acids is 2. The van der Waals surface area contributed by atoms with Crippen molar-refractivity contribution in [2.24, 2.45) is 5.92 Å². The normalized spacial score (nSPS) is 11.7. The largest absolute Gasteiger partial charge is 0.494 e. The van der Waals surface area contributed by atoms with Gasteiger partial charge in [0.15, 0.2) is 0 Å². The van der Waals surface area contributed by atoms with E-state index < -0.39 is 6.04 Å². The van der Waals surface area contributed by atoms with Gasteiger partial charge in [-0.3, -0.25) is 9.59 Å². The van der Waals surface area contributed by atoms with E-state index in [0.29, 0.717) is 43.5 Å². The van der Waals surface area contributed by atoms with Gasteiger partial charge in [0.2, 0.25) is 11.8 Å². The molecule has 3 aromatic carbocycles. The lowest BCUT2D eigenvalue weighted by atomic mass is 10.0. The fourth-order valence-corrected chi connectivity index (χ4v) is 4.10. The van der Waals surface area contributed by atoms with Crippen LogP contribution in [0.2, 0.25) is 5.02 Å². The predicted octanol–water partition coefficient (Wildman–Crippen LogP) is 5.91. The summed E-state index contributed by atoms with van der Waals surface area (Å²) in [7, 11) is 0. The quantitative estimate of drug-likeness (QED) is 0.293. The summed E-state index contributed by atoms with van der Waals surface area (Å²) in [5.41, 5.74) is 1.88. The lowest BCUT2D eigenvalue weighted by molar-refractivity contribution is -0.141. The third-order valence-corrected chi connectivity index (χ3v) is 5.98. The number of halogens is 1. The van der Waals surface area contributed by atoms with Gasteiger partial charge >= 0.3 is 0 Å². The summed E-state index contributed by atoms with van der Waals surface area (Å²) in [6, 6.07) is 26.1. The van der Waals surface area contributed by atoms with Gasteiger partial charge in [-0.2, -0.15) is 0 Å². The highest BCUT2D eigenvalue weighted by Crippen LogP contribution is 2.19. The molecule has 1 atom stereocenters. The fourth-order valence-electron chi connectivity index (χ4n) is 3.88. The Labute approximate surface area is 219 Å². The third kappa shape index (κ3) is 9.04. The van der Waals surface area contributed by atoms with Crippen LogP contribution >= 0.6 is 11.6 Å². The number of para-hydroxylation sites is 1. The van der Waals surface area contributed by atoms with Gasteiger partial charge < -0.3 is 15.0 Å². The number of nitrogens with zero attached hydrogens (tertiary/aromatic N) is 1. The minimum atomic E-state index is -0.646. The fraction of sp³-hybridized carbons (Fsp3) is 0.333. The molecule has 1 unspecified atom stereocenters. The number of ether oxygens (including phenoxy) is 1. The molecule has 5 nitrogen and oxygen atoms in total. The average Bonchev–Trinajstić information content (AvgIpc) is 2.88. The van der Waals surface area contributed by atoms with Crippen LogP contribution in [-0.2, 0) is 22.6 Å². The molecule has 2 amide bonds. The van der Waals surface area contributed by atoms with Crippen LogP contribution < -0.4 is 10.1 Å². The number of hydrogen-bond donors (Lipinski definition) is 1. The van der Waals surface area contributed by atoms with Crippen molar-refractivity contribution >= 4 is 23.4 Å². The van der Waals surface area contributed by atoms with Crippen LogP contribution in [0.25, 0.3) is 0 Å². The molecule has 0 saturated carbocycles. The molecular formula is C30H35ClN2O3. The molecule has 0 aromatic heterocycles. The van der Waals surface area contributed by atoms with E-state index in [9.17, 15) is 9.59 Å². The third-order valence-electron chi connectivity index (χ3n) is 5.74. The van der Waals surface area contributed by atoms with E-state index in [0.717, 1.165) is 16.9 Å². The number of amides is 2. The second-order valence-corrected chi connectivity index (χ2v) is 9.70. The number of carbonyl (C=O) groups is 2. The summed E-state index contributed by atoms with van der Waals surface area (Å²) in [6.07, 6.45) is 1.25. The molecule has 0 bridgehead atoms. The molecule has 0 aliphatic carbocycles. The summed E-state index contributed by atoms with van der Waals surface area (Å²) in [5.74, 6) is 0.838. The highest BCUT2D eigenvalue weighted by atomic mass is 35.5. The molecular weight excluding hydrogens is 472 g/mol. The molecule has 36 heavy (non-hydrogen) atoms. The highest BCUT2D eigenvalue weighted by molar-refractivity contribution is 6.30. The maximum absolute atomic E-state index is 13.6. The van der Waals surface area contributed by atoms with Gasteiger partial charge in [0.1, 0.15) is 11.8 Å². The zero-order valence-electron chi connectivity index (χ0n) is 21.0. The summed E-state index contributed by atoms with van der Waals surface area (Å²) in [6.45, 7) is 5.37. The highest BCUT2D eigenvalue weighted by Gasteiger charge is 2.30. The first kappa shape index (κ1) is 27.3. The second-order valence-electron chi connectivity index (χ2n) is 9.26. The summed E-state index contributed by atoms with van der Waals surface area (Å²) < 4.78 is 5.77. The van der Waals surface area contributed by atoms with Crippen molar-refractivity contribution in [3.8, 4) is 5.75 Å². The van der Waals surface area contributed by atoms with E-state index in [4.69, 9.17) is 16.3 Å². The molecule has 0 saturated heterocycles. The van der Waals surface area contributed by atoms with Crippen LogP contribution in [0.4, 0.5) is 0 Å². The van der Waals surface area contributed by atoms with Crippen molar-refractivity contribution in [2.45, 2.75) is 45.7 Å².